The zero-order chi connectivity index (χ0) is 8.53. The average Bonchev–Trinajstić information content (AvgIpc) is 2.01. The van der Waals surface area contributed by atoms with Crippen molar-refractivity contribution in [2.75, 3.05) is 13.2 Å². The van der Waals surface area contributed by atoms with Crippen LogP contribution in [0.25, 0.3) is 0 Å². The molecule has 0 aliphatic heterocycles. The number of carbonyl (C=O) groups excluding carboxylic acids is 1. The van der Waals surface area contributed by atoms with Crippen molar-refractivity contribution < 1.29 is 19.3 Å². The Morgan fingerprint density at radius 2 is 1.82 bits per heavy atom. The summed E-state index contributed by atoms with van der Waals surface area (Å²) in [6.45, 7) is 4.59. The standard InChI is InChI=1S/C7H14O4/c1-3-5-9-7(8)11-10-6-4-2/h3-6H2,1-2H3. The van der Waals surface area contributed by atoms with Crippen molar-refractivity contribution in [1.82, 2.24) is 0 Å². The van der Waals surface area contributed by atoms with Gasteiger partial charge in [-0.15, -0.1) is 0 Å². The number of hydrogen-bond acceptors (Lipinski definition) is 4. The summed E-state index contributed by atoms with van der Waals surface area (Å²) in [6.07, 6.45) is 0.824. The minimum atomic E-state index is -0.764. The van der Waals surface area contributed by atoms with Gasteiger partial charge in [-0.05, 0) is 12.8 Å². The molecule has 66 valence electrons. The van der Waals surface area contributed by atoms with E-state index in [0.29, 0.717) is 13.2 Å². The molecule has 0 aromatic carbocycles. The summed E-state index contributed by atoms with van der Waals surface area (Å²) in [5, 5.41) is 0. The highest BCUT2D eigenvalue weighted by atomic mass is 17.2. The van der Waals surface area contributed by atoms with Gasteiger partial charge < -0.3 is 4.74 Å². The van der Waals surface area contributed by atoms with Crippen molar-refractivity contribution in [2.24, 2.45) is 0 Å². The minimum absolute atomic E-state index is 0.369. The summed E-state index contributed by atoms with van der Waals surface area (Å²) in [6, 6.07) is 0. The maximum Gasteiger partial charge on any atom is 0.540 e. The summed E-state index contributed by atoms with van der Waals surface area (Å²) >= 11 is 0. The van der Waals surface area contributed by atoms with Gasteiger partial charge in [0.1, 0.15) is 0 Å². The van der Waals surface area contributed by atoms with E-state index >= 15 is 0 Å². The molecule has 0 bridgehead atoms. The van der Waals surface area contributed by atoms with Crippen LogP contribution in [0.1, 0.15) is 26.7 Å². The number of hydrogen-bond donors (Lipinski definition) is 0. The second-order valence-corrected chi connectivity index (χ2v) is 2.00. The molecule has 0 radical (unpaired) electrons. The van der Waals surface area contributed by atoms with Crippen molar-refractivity contribution in [3.05, 3.63) is 0 Å². The fourth-order valence-electron chi connectivity index (χ4n) is 0.383. The Hall–Kier alpha value is -0.770. The number of ether oxygens (including phenoxy) is 1. The predicted octanol–water partition coefficient (Wildman–Crippen LogP) is 1.89. The van der Waals surface area contributed by atoms with Crippen molar-refractivity contribution in [3.63, 3.8) is 0 Å². The van der Waals surface area contributed by atoms with E-state index < -0.39 is 6.16 Å². The van der Waals surface area contributed by atoms with Crippen LogP contribution >= 0.6 is 0 Å². The monoisotopic (exact) mass is 162 g/mol. The van der Waals surface area contributed by atoms with Gasteiger partial charge >= 0.3 is 6.16 Å². The van der Waals surface area contributed by atoms with E-state index in [1.165, 1.54) is 0 Å². The van der Waals surface area contributed by atoms with Gasteiger partial charge in [0.05, 0.1) is 13.2 Å². The smallest absolute Gasteiger partial charge is 0.432 e. The Kier molecular flexibility index (Phi) is 6.82. The van der Waals surface area contributed by atoms with Crippen LogP contribution in [0.3, 0.4) is 0 Å². The molecule has 0 fully saturated rings. The molecule has 0 saturated carbocycles. The first-order chi connectivity index (χ1) is 5.31. The van der Waals surface area contributed by atoms with E-state index in [1.807, 2.05) is 13.8 Å². The highest BCUT2D eigenvalue weighted by molar-refractivity contribution is 5.58. The lowest BCUT2D eigenvalue weighted by atomic mass is 10.5. The zero-order valence-electron chi connectivity index (χ0n) is 6.96. The Morgan fingerprint density at radius 1 is 1.18 bits per heavy atom. The van der Waals surface area contributed by atoms with Gasteiger partial charge in [0.15, 0.2) is 0 Å². The van der Waals surface area contributed by atoms with E-state index in [1.54, 1.807) is 0 Å². The molecule has 0 saturated heterocycles. The lowest BCUT2D eigenvalue weighted by Gasteiger charge is -2.01. The van der Waals surface area contributed by atoms with Crippen molar-refractivity contribution in [2.45, 2.75) is 26.7 Å². The molecule has 0 rings (SSSR count). The van der Waals surface area contributed by atoms with Gasteiger partial charge in [-0.3, -0.25) is 4.89 Å². The molecule has 0 unspecified atom stereocenters. The van der Waals surface area contributed by atoms with Gasteiger partial charge in [-0.25, -0.2) is 4.79 Å². The Labute approximate surface area is 66.4 Å². The second-order valence-electron chi connectivity index (χ2n) is 2.00. The first-order valence-corrected chi connectivity index (χ1v) is 3.77. The third kappa shape index (κ3) is 7.12. The number of rotatable bonds is 5. The van der Waals surface area contributed by atoms with Crippen LogP contribution in [0, 0.1) is 0 Å². The van der Waals surface area contributed by atoms with Crippen LogP contribution in [0.2, 0.25) is 0 Å². The van der Waals surface area contributed by atoms with Gasteiger partial charge in [-0.1, -0.05) is 13.8 Å². The Balaban J connectivity index is 3.09. The van der Waals surface area contributed by atoms with Crippen LogP contribution in [-0.4, -0.2) is 19.4 Å². The Bertz CT molecular complexity index is 103. The summed E-state index contributed by atoms with van der Waals surface area (Å²) in [4.78, 5) is 19.2. The molecule has 0 atom stereocenters. The van der Waals surface area contributed by atoms with Gasteiger partial charge in [-0.2, -0.15) is 4.89 Å². The Morgan fingerprint density at radius 3 is 2.36 bits per heavy atom. The summed E-state index contributed by atoms with van der Waals surface area (Å²) in [5.41, 5.74) is 0. The summed E-state index contributed by atoms with van der Waals surface area (Å²) in [7, 11) is 0. The predicted molar refractivity (Wildman–Crippen MR) is 39.0 cm³/mol. The lowest BCUT2D eigenvalue weighted by Crippen LogP contribution is -2.08. The molecule has 0 aliphatic carbocycles. The van der Waals surface area contributed by atoms with Crippen LogP contribution in [0.4, 0.5) is 4.79 Å². The molecule has 0 N–H and O–H groups in total. The highest BCUT2D eigenvalue weighted by Gasteiger charge is 2.02. The highest BCUT2D eigenvalue weighted by Crippen LogP contribution is 1.89. The molecule has 4 nitrogen and oxygen atoms in total. The van der Waals surface area contributed by atoms with Crippen molar-refractivity contribution in [3.8, 4) is 0 Å². The molecule has 0 aromatic heterocycles. The molecular formula is C7H14O4. The fraction of sp³-hybridized carbons (Fsp3) is 0.857. The molecular weight excluding hydrogens is 148 g/mol. The topological polar surface area (TPSA) is 44.8 Å². The maximum atomic E-state index is 10.5. The van der Waals surface area contributed by atoms with E-state index in [-0.39, 0.29) is 0 Å². The zero-order valence-corrected chi connectivity index (χ0v) is 6.96. The average molecular weight is 162 g/mol. The van der Waals surface area contributed by atoms with Gasteiger partial charge in [0.2, 0.25) is 0 Å². The second kappa shape index (κ2) is 7.34. The summed E-state index contributed by atoms with van der Waals surface area (Å²) in [5.74, 6) is 0. The first kappa shape index (κ1) is 10.2. The third-order valence-electron chi connectivity index (χ3n) is 0.838. The quantitative estimate of drug-likeness (QED) is 0.268. The van der Waals surface area contributed by atoms with E-state index in [2.05, 4.69) is 14.5 Å². The first-order valence-electron chi connectivity index (χ1n) is 3.77. The summed E-state index contributed by atoms with van der Waals surface area (Å²) < 4.78 is 4.55. The molecule has 0 aromatic rings. The van der Waals surface area contributed by atoms with E-state index in [0.717, 1.165) is 12.8 Å². The molecule has 0 heterocycles. The molecule has 0 spiro atoms. The minimum Gasteiger partial charge on any atom is -0.432 e. The SMILES string of the molecule is CCCOOC(=O)OCCC. The van der Waals surface area contributed by atoms with Crippen LogP contribution in [-0.2, 0) is 14.5 Å². The van der Waals surface area contributed by atoms with E-state index in [9.17, 15) is 4.79 Å². The molecule has 0 aliphatic rings. The van der Waals surface area contributed by atoms with Gasteiger partial charge in [0.25, 0.3) is 0 Å². The third-order valence-corrected chi connectivity index (χ3v) is 0.838. The van der Waals surface area contributed by atoms with Gasteiger partial charge in [0, 0.05) is 0 Å². The van der Waals surface area contributed by atoms with Crippen molar-refractivity contribution >= 4 is 6.16 Å². The normalized spacial score (nSPS) is 9.27. The van der Waals surface area contributed by atoms with Crippen LogP contribution < -0.4 is 0 Å². The van der Waals surface area contributed by atoms with Crippen LogP contribution in [0.15, 0.2) is 0 Å². The largest absolute Gasteiger partial charge is 0.540 e. The molecule has 4 heteroatoms. The maximum absolute atomic E-state index is 10.5. The lowest BCUT2D eigenvalue weighted by molar-refractivity contribution is -0.254. The molecule has 11 heavy (non-hydrogen) atoms. The number of carbonyl (C=O) groups is 1. The fourth-order valence-corrected chi connectivity index (χ4v) is 0.383. The van der Waals surface area contributed by atoms with Crippen LogP contribution in [0.5, 0.6) is 0 Å². The molecule has 0 amide bonds. The van der Waals surface area contributed by atoms with E-state index in [4.69, 9.17) is 0 Å². The van der Waals surface area contributed by atoms with Crippen molar-refractivity contribution in [1.29, 1.82) is 0 Å².